The van der Waals surface area contributed by atoms with Crippen LogP contribution in [-0.4, -0.2) is 36.9 Å². The van der Waals surface area contributed by atoms with Crippen molar-refractivity contribution in [2.75, 3.05) is 13.1 Å². The van der Waals surface area contributed by atoms with Gasteiger partial charge in [0, 0.05) is 19.2 Å². The maximum atomic E-state index is 12.3. The Balaban J connectivity index is 3.28. The maximum absolute atomic E-state index is 12.3. The van der Waals surface area contributed by atoms with Gasteiger partial charge in [-0.2, -0.15) is 4.31 Å². The van der Waals surface area contributed by atoms with Gasteiger partial charge in [-0.15, -0.1) is 13.2 Å². The molecule has 1 aromatic rings. The highest BCUT2D eigenvalue weighted by Crippen LogP contribution is 2.23. The van der Waals surface area contributed by atoms with Gasteiger partial charge in [0.15, 0.2) is 0 Å². The predicted octanol–water partition coefficient (Wildman–Crippen LogP) is 1.65. The van der Waals surface area contributed by atoms with Gasteiger partial charge >= 0.3 is 5.97 Å². The minimum atomic E-state index is -3.83. The van der Waals surface area contributed by atoms with Crippen LogP contribution < -0.4 is 0 Å². The van der Waals surface area contributed by atoms with E-state index < -0.39 is 21.8 Å². The van der Waals surface area contributed by atoms with E-state index in [0.717, 1.165) is 10.4 Å². The number of carbonyl (C=O) groups is 1. The van der Waals surface area contributed by atoms with Gasteiger partial charge < -0.3 is 9.52 Å². The van der Waals surface area contributed by atoms with E-state index in [0.29, 0.717) is 0 Å². The second kappa shape index (κ2) is 5.85. The second-order valence-corrected chi connectivity index (χ2v) is 5.64. The first-order valence-electron chi connectivity index (χ1n) is 5.40. The van der Waals surface area contributed by atoms with Crippen molar-refractivity contribution in [3.63, 3.8) is 0 Å². The molecule has 7 heteroatoms. The number of furan rings is 1. The molecule has 1 heterocycles. The molecule has 0 saturated heterocycles. The van der Waals surface area contributed by atoms with Gasteiger partial charge in [-0.25, -0.2) is 13.2 Å². The van der Waals surface area contributed by atoms with E-state index in [4.69, 9.17) is 9.52 Å². The Morgan fingerprint density at radius 2 is 1.95 bits per heavy atom. The van der Waals surface area contributed by atoms with Crippen LogP contribution >= 0.6 is 0 Å². The summed E-state index contributed by atoms with van der Waals surface area (Å²) >= 11 is 0. The topological polar surface area (TPSA) is 87.8 Å². The molecule has 104 valence electrons. The third-order valence-electron chi connectivity index (χ3n) is 2.37. The molecule has 0 radical (unpaired) electrons. The molecule has 0 saturated carbocycles. The fourth-order valence-electron chi connectivity index (χ4n) is 1.52. The van der Waals surface area contributed by atoms with Crippen molar-refractivity contribution in [1.29, 1.82) is 0 Å². The molecule has 0 amide bonds. The molecule has 0 atom stereocenters. The highest BCUT2D eigenvalue weighted by atomic mass is 32.2. The normalized spacial score (nSPS) is 11.5. The standard InChI is InChI=1S/C12H15NO5S/c1-4-6-13(7-5-2)19(16,17)11-8-10(12(14)15)18-9(11)3/h4-5,8H,1-2,6-7H2,3H3,(H,14,15). The summed E-state index contributed by atoms with van der Waals surface area (Å²) in [5.74, 6) is -1.69. The Bertz CT molecular complexity index is 590. The fraction of sp³-hybridized carbons (Fsp3) is 0.250. The van der Waals surface area contributed by atoms with Crippen molar-refractivity contribution in [3.8, 4) is 0 Å². The van der Waals surface area contributed by atoms with E-state index in [1.165, 1.54) is 19.1 Å². The van der Waals surface area contributed by atoms with Crippen LogP contribution in [0.25, 0.3) is 0 Å². The third-order valence-corrected chi connectivity index (χ3v) is 4.31. The molecule has 0 aliphatic rings. The Kier molecular flexibility index (Phi) is 4.68. The van der Waals surface area contributed by atoms with Crippen molar-refractivity contribution < 1.29 is 22.7 Å². The molecule has 0 bridgehead atoms. The highest BCUT2D eigenvalue weighted by molar-refractivity contribution is 7.89. The van der Waals surface area contributed by atoms with Crippen molar-refractivity contribution in [2.45, 2.75) is 11.8 Å². The summed E-state index contributed by atoms with van der Waals surface area (Å²) in [5, 5.41) is 8.80. The summed E-state index contributed by atoms with van der Waals surface area (Å²) in [6.45, 7) is 8.57. The van der Waals surface area contributed by atoms with Crippen LogP contribution in [0.3, 0.4) is 0 Å². The molecule has 0 unspecified atom stereocenters. The number of rotatable bonds is 7. The summed E-state index contributed by atoms with van der Waals surface area (Å²) in [4.78, 5) is 10.6. The number of nitrogens with zero attached hydrogens (tertiary/aromatic N) is 1. The first kappa shape index (κ1) is 15.2. The van der Waals surface area contributed by atoms with Crippen LogP contribution in [0.5, 0.6) is 0 Å². The van der Waals surface area contributed by atoms with Gasteiger partial charge in [0.05, 0.1) is 0 Å². The lowest BCUT2D eigenvalue weighted by atomic mass is 10.4. The molecular formula is C12H15NO5S. The molecule has 6 nitrogen and oxygen atoms in total. The number of sulfonamides is 1. The minimum Gasteiger partial charge on any atom is -0.475 e. The van der Waals surface area contributed by atoms with E-state index in [1.807, 2.05) is 0 Å². The summed E-state index contributed by atoms with van der Waals surface area (Å²) < 4.78 is 30.7. The first-order chi connectivity index (χ1) is 8.84. The SMILES string of the molecule is C=CCN(CC=C)S(=O)(=O)c1cc(C(=O)O)oc1C. The Labute approximate surface area is 111 Å². The zero-order valence-electron chi connectivity index (χ0n) is 10.5. The summed E-state index contributed by atoms with van der Waals surface area (Å²) in [6.07, 6.45) is 2.88. The van der Waals surface area contributed by atoms with E-state index in [1.54, 1.807) is 0 Å². The number of hydrogen-bond donors (Lipinski definition) is 1. The summed E-state index contributed by atoms with van der Waals surface area (Å²) in [6, 6.07) is 1.01. The van der Waals surface area contributed by atoms with Crippen molar-refractivity contribution >= 4 is 16.0 Å². The lowest BCUT2D eigenvalue weighted by molar-refractivity contribution is 0.0661. The van der Waals surface area contributed by atoms with E-state index in [2.05, 4.69) is 13.2 Å². The van der Waals surface area contributed by atoms with E-state index in [9.17, 15) is 13.2 Å². The smallest absolute Gasteiger partial charge is 0.371 e. The largest absolute Gasteiger partial charge is 0.475 e. The average molecular weight is 285 g/mol. The second-order valence-electron chi connectivity index (χ2n) is 3.74. The molecule has 0 fully saturated rings. The molecule has 0 aromatic carbocycles. The molecule has 1 rings (SSSR count). The van der Waals surface area contributed by atoms with Crippen LogP contribution in [0.1, 0.15) is 16.3 Å². The lowest BCUT2D eigenvalue weighted by Gasteiger charge is -2.18. The van der Waals surface area contributed by atoms with Crippen LogP contribution in [0.4, 0.5) is 0 Å². The Hall–Kier alpha value is -1.86. The molecule has 1 N–H and O–H groups in total. The number of carboxylic acids is 1. The van der Waals surface area contributed by atoms with Gasteiger partial charge in [-0.1, -0.05) is 12.2 Å². The third kappa shape index (κ3) is 3.12. The molecule has 0 spiro atoms. The van der Waals surface area contributed by atoms with Crippen LogP contribution in [-0.2, 0) is 10.0 Å². The van der Waals surface area contributed by atoms with Gasteiger partial charge in [0.1, 0.15) is 10.7 Å². The van der Waals surface area contributed by atoms with Crippen molar-refractivity contribution in [2.24, 2.45) is 0 Å². The summed E-state index contributed by atoms with van der Waals surface area (Å²) in [7, 11) is -3.83. The van der Waals surface area contributed by atoms with Gasteiger partial charge in [-0.3, -0.25) is 0 Å². The van der Waals surface area contributed by atoms with Crippen molar-refractivity contribution in [3.05, 3.63) is 42.9 Å². The summed E-state index contributed by atoms with van der Waals surface area (Å²) in [5.41, 5.74) is 0. The van der Waals surface area contributed by atoms with Crippen LogP contribution in [0, 0.1) is 6.92 Å². The van der Waals surface area contributed by atoms with Gasteiger partial charge in [0.2, 0.25) is 15.8 Å². The number of carboxylic acid groups (broad SMARTS) is 1. The number of aromatic carboxylic acids is 1. The van der Waals surface area contributed by atoms with Gasteiger partial charge in [-0.05, 0) is 6.92 Å². The van der Waals surface area contributed by atoms with E-state index >= 15 is 0 Å². The maximum Gasteiger partial charge on any atom is 0.371 e. The average Bonchev–Trinajstić information content (AvgIpc) is 2.72. The monoisotopic (exact) mass is 285 g/mol. The number of hydrogen-bond acceptors (Lipinski definition) is 4. The Morgan fingerprint density at radius 1 is 1.42 bits per heavy atom. The molecule has 1 aromatic heterocycles. The molecule has 19 heavy (non-hydrogen) atoms. The highest BCUT2D eigenvalue weighted by Gasteiger charge is 2.28. The van der Waals surface area contributed by atoms with Crippen LogP contribution in [0.15, 0.2) is 40.7 Å². The Morgan fingerprint density at radius 3 is 2.32 bits per heavy atom. The first-order valence-corrected chi connectivity index (χ1v) is 6.84. The van der Waals surface area contributed by atoms with Crippen molar-refractivity contribution in [1.82, 2.24) is 4.31 Å². The molecular weight excluding hydrogens is 270 g/mol. The van der Waals surface area contributed by atoms with Gasteiger partial charge in [0.25, 0.3) is 0 Å². The zero-order valence-corrected chi connectivity index (χ0v) is 11.3. The number of aryl methyl sites for hydroxylation is 1. The molecule has 0 aliphatic heterocycles. The quantitative estimate of drug-likeness (QED) is 0.769. The lowest BCUT2D eigenvalue weighted by Crippen LogP contribution is -2.31. The fourth-order valence-corrected chi connectivity index (χ4v) is 3.07. The minimum absolute atomic E-state index is 0.0375. The molecule has 0 aliphatic carbocycles. The van der Waals surface area contributed by atoms with Crippen LogP contribution in [0.2, 0.25) is 0 Å². The predicted molar refractivity (Wildman–Crippen MR) is 69.6 cm³/mol. The zero-order chi connectivity index (χ0) is 14.6. The van der Waals surface area contributed by atoms with E-state index in [-0.39, 0.29) is 23.7 Å².